The summed E-state index contributed by atoms with van der Waals surface area (Å²) < 4.78 is 1.81. The van der Waals surface area contributed by atoms with Crippen LogP contribution < -0.4 is 5.32 Å². The van der Waals surface area contributed by atoms with Crippen LogP contribution in [0.5, 0.6) is 0 Å². The molecular weight excluding hydrogens is 384 g/mol. The molecule has 110 valence electrons. The van der Waals surface area contributed by atoms with E-state index in [0.717, 1.165) is 40.6 Å². The molecule has 1 saturated heterocycles. The van der Waals surface area contributed by atoms with Crippen LogP contribution in [-0.2, 0) is 0 Å². The molecule has 2 rings (SSSR count). The van der Waals surface area contributed by atoms with E-state index in [2.05, 4.69) is 37.2 Å². The SMILES string of the molecule is CCN(CC1CCCCN1)C(=O)c1ccc(Br)cc1Br. The van der Waals surface area contributed by atoms with Gasteiger partial charge in [0.25, 0.3) is 5.91 Å². The number of hydrogen-bond donors (Lipinski definition) is 1. The van der Waals surface area contributed by atoms with Crippen molar-refractivity contribution >= 4 is 37.8 Å². The maximum atomic E-state index is 12.6. The van der Waals surface area contributed by atoms with E-state index in [1.807, 2.05) is 30.0 Å². The molecule has 1 aromatic rings. The van der Waals surface area contributed by atoms with Gasteiger partial charge in [0.2, 0.25) is 0 Å². The summed E-state index contributed by atoms with van der Waals surface area (Å²) >= 11 is 6.89. The van der Waals surface area contributed by atoms with Gasteiger partial charge in [-0.2, -0.15) is 0 Å². The van der Waals surface area contributed by atoms with E-state index in [9.17, 15) is 4.79 Å². The van der Waals surface area contributed by atoms with Crippen molar-refractivity contribution in [1.29, 1.82) is 0 Å². The summed E-state index contributed by atoms with van der Waals surface area (Å²) in [6.45, 7) is 4.63. The van der Waals surface area contributed by atoms with Crippen molar-refractivity contribution in [1.82, 2.24) is 10.2 Å². The number of rotatable bonds is 4. The molecule has 5 heteroatoms. The van der Waals surface area contributed by atoms with E-state index >= 15 is 0 Å². The Kier molecular flexibility index (Phi) is 6.05. The highest BCUT2D eigenvalue weighted by Gasteiger charge is 2.21. The van der Waals surface area contributed by atoms with Crippen LogP contribution in [0.3, 0.4) is 0 Å². The van der Waals surface area contributed by atoms with Crippen LogP contribution >= 0.6 is 31.9 Å². The minimum Gasteiger partial charge on any atom is -0.337 e. The summed E-state index contributed by atoms with van der Waals surface area (Å²) in [6, 6.07) is 6.12. The zero-order valence-corrected chi connectivity index (χ0v) is 14.8. The molecule has 0 saturated carbocycles. The Labute approximate surface area is 137 Å². The lowest BCUT2D eigenvalue weighted by Crippen LogP contribution is -2.45. The minimum atomic E-state index is 0.0965. The van der Waals surface area contributed by atoms with Gasteiger partial charge in [0, 0.05) is 28.1 Å². The maximum Gasteiger partial charge on any atom is 0.255 e. The van der Waals surface area contributed by atoms with Gasteiger partial charge in [-0.05, 0) is 60.4 Å². The van der Waals surface area contributed by atoms with Crippen LogP contribution in [0.15, 0.2) is 27.1 Å². The Morgan fingerprint density at radius 3 is 2.80 bits per heavy atom. The molecule has 1 amide bonds. The lowest BCUT2D eigenvalue weighted by Gasteiger charge is -2.30. The number of nitrogens with one attached hydrogen (secondary N) is 1. The smallest absolute Gasteiger partial charge is 0.255 e. The molecule has 1 fully saturated rings. The molecule has 1 atom stereocenters. The summed E-state index contributed by atoms with van der Waals surface area (Å²) in [5.41, 5.74) is 0.728. The van der Waals surface area contributed by atoms with Gasteiger partial charge in [0.05, 0.1) is 5.56 Å². The third-order valence-corrected chi connectivity index (χ3v) is 4.83. The number of piperidine rings is 1. The fraction of sp³-hybridized carbons (Fsp3) is 0.533. The molecule has 20 heavy (non-hydrogen) atoms. The number of carbonyl (C=O) groups is 1. The van der Waals surface area contributed by atoms with Crippen LogP contribution in [0.25, 0.3) is 0 Å². The van der Waals surface area contributed by atoms with Gasteiger partial charge in [-0.1, -0.05) is 22.4 Å². The summed E-state index contributed by atoms with van der Waals surface area (Å²) in [4.78, 5) is 14.6. The third kappa shape index (κ3) is 4.06. The molecule has 0 aliphatic carbocycles. The molecule has 1 heterocycles. The van der Waals surface area contributed by atoms with Gasteiger partial charge in [-0.25, -0.2) is 0 Å². The average Bonchev–Trinajstić information content (AvgIpc) is 2.45. The lowest BCUT2D eigenvalue weighted by molar-refractivity contribution is 0.0740. The Bertz CT molecular complexity index is 473. The highest BCUT2D eigenvalue weighted by atomic mass is 79.9. The second-order valence-electron chi connectivity index (χ2n) is 5.11. The van der Waals surface area contributed by atoms with Crippen LogP contribution in [0, 0.1) is 0 Å². The van der Waals surface area contributed by atoms with Gasteiger partial charge in [0.15, 0.2) is 0 Å². The molecule has 0 radical (unpaired) electrons. The second-order valence-corrected chi connectivity index (χ2v) is 6.88. The molecule has 0 aromatic heterocycles. The van der Waals surface area contributed by atoms with Crippen molar-refractivity contribution in [2.75, 3.05) is 19.6 Å². The molecule has 1 N–H and O–H groups in total. The number of hydrogen-bond acceptors (Lipinski definition) is 2. The molecule has 1 aliphatic heterocycles. The van der Waals surface area contributed by atoms with E-state index in [4.69, 9.17) is 0 Å². The van der Waals surface area contributed by atoms with E-state index in [-0.39, 0.29) is 5.91 Å². The standard InChI is InChI=1S/C15H20Br2N2O/c1-2-19(10-12-5-3-4-8-18-12)15(20)13-7-6-11(16)9-14(13)17/h6-7,9,12,18H,2-5,8,10H2,1H3. The number of nitrogens with zero attached hydrogens (tertiary/aromatic N) is 1. The predicted molar refractivity (Wildman–Crippen MR) is 89.1 cm³/mol. The average molecular weight is 404 g/mol. The van der Waals surface area contributed by atoms with Gasteiger partial charge < -0.3 is 10.2 Å². The monoisotopic (exact) mass is 402 g/mol. The topological polar surface area (TPSA) is 32.3 Å². The van der Waals surface area contributed by atoms with E-state index < -0.39 is 0 Å². The molecule has 0 spiro atoms. The molecule has 0 bridgehead atoms. The maximum absolute atomic E-state index is 12.6. The lowest BCUT2D eigenvalue weighted by atomic mass is 10.0. The minimum absolute atomic E-state index is 0.0965. The first-order valence-electron chi connectivity index (χ1n) is 7.09. The van der Waals surface area contributed by atoms with Gasteiger partial charge in [-0.3, -0.25) is 4.79 Å². The molecule has 3 nitrogen and oxygen atoms in total. The number of amides is 1. The zero-order valence-electron chi connectivity index (χ0n) is 11.7. The Morgan fingerprint density at radius 2 is 2.20 bits per heavy atom. The van der Waals surface area contributed by atoms with Gasteiger partial charge in [0.1, 0.15) is 0 Å². The summed E-state index contributed by atoms with van der Waals surface area (Å²) in [5, 5.41) is 3.50. The van der Waals surface area contributed by atoms with Crippen molar-refractivity contribution in [2.24, 2.45) is 0 Å². The first-order valence-corrected chi connectivity index (χ1v) is 8.68. The van der Waals surface area contributed by atoms with Crippen molar-refractivity contribution in [2.45, 2.75) is 32.2 Å². The van der Waals surface area contributed by atoms with E-state index in [1.54, 1.807) is 0 Å². The van der Waals surface area contributed by atoms with E-state index in [0.29, 0.717) is 6.04 Å². The fourth-order valence-corrected chi connectivity index (χ4v) is 3.75. The summed E-state index contributed by atoms with van der Waals surface area (Å²) in [5.74, 6) is 0.0965. The Balaban J connectivity index is 2.07. The Hall–Kier alpha value is -0.390. The molecule has 1 aliphatic rings. The van der Waals surface area contributed by atoms with E-state index in [1.165, 1.54) is 12.8 Å². The Morgan fingerprint density at radius 1 is 1.40 bits per heavy atom. The fourth-order valence-electron chi connectivity index (χ4n) is 2.53. The predicted octanol–water partition coefficient (Wildman–Crippen LogP) is 3.82. The molecular formula is C15H20Br2N2O. The van der Waals surface area contributed by atoms with Crippen molar-refractivity contribution < 1.29 is 4.79 Å². The van der Waals surface area contributed by atoms with Gasteiger partial charge >= 0.3 is 0 Å². The van der Waals surface area contributed by atoms with Crippen LogP contribution in [0.4, 0.5) is 0 Å². The summed E-state index contributed by atoms with van der Waals surface area (Å²) in [6.07, 6.45) is 3.66. The molecule has 1 unspecified atom stereocenters. The normalized spacial score (nSPS) is 18.9. The van der Waals surface area contributed by atoms with Crippen LogP contribution in [0.1, 0.15) is 36.5 Å². The molecule has 1 aromatic carbocycles. The third-order valence-electron chi connectivity index (χ3n) is 3.68. The van der Waals surface area contributed by atoms with Crippen LogP contribution in [0.2, 0.25) is 0 Å². The summed E-state index contributed by atoms with van der Waals surface area (Å²) in [7, 11) is 0. The van der Waals surface area contributed by atoms with Gasteiger partial charge in [-0.15, -0.1) is 0 Å². The largest absolute Gasteiger partial charge is 0.337 e. The first-order chi connectivity index (χ1) is 9.61. The zero-order chi connectivity index (χ0) is 14.5. The number of carbonyl (C=O) groups excluding carboxylic acids is 1. The second kappa shape index (κ2) is 7.57. The number of likely N-dealkylation sites (N-methyl/N-ethyl adjacent to an activating group) is 1. The number of halogens is 2. The van der Waals surface area contributed by atoms with Crippen LogP contribution in [-0.4, -0.2) is 36.5 Å². The van der Waals surface area contributed by atoms with Crippen molar-refractivity contribution in [3.63, 3.8) is 0 Å². The highest BCUT2D eigenvalue weighted by molar-refractivity contribution is 9.11. The quantitative estimate of drug-likeness (QED) is 0.828. The first kappa shape index (κ1) is 16.0. The van der Waals surface area contributed by atoms with Crippen molar-refractivity contribution in [3.8, 4) is 0 Å². The highest BCUT2D eigenvalue weighted by Crippen LogP contribution is 2.23. The van der Waals surface area contributed by atoms with Crippen molar-refractivity contribution in [3.05, 3.63) is 32.7 Å². The number of benzene rings is 1.